The number of hydrogen-bond donors (Lipinski definition) is 0. The summed E-state index contributed by atoms with van der Waals surface area (Å²) in [6.07, 6.45) is 0. The number of rotatable bonds is 1. The van der Waals surface area contributed by atoms with Crippen LogP contribution in [0.1, 0.15) is 0 Å². The Morgan fingerprint density at radius 2 is 1.64 bits per heavy atom. The van der Waals surface area contributed by atoms with E-state index >= 15 is 0 Å². The van der Waals surface area contributed by atoms with Crippen molar-refractivity contribution in [3.05, 3.63) is 14.4 Å². The molecule has 0 unspecified atom stereocenters. The van der Waals surface area contributed by atoms with Crippen LogP contribution in [0.4, 0.5) is 0 Å². The van der Waals surface area contributed by atoms with Crippen LogP contribution in [0.2, 0.25) is 27.5 Å². The summed E-state index contributed by atoms with van der Waals surface area (Å²) in [6, 6.07) is 0. The molecule has 1 rings (SSSR count). The molecule has 11 heavy (non-hydrogen) atoms. The van der Waals surface area contributed by atoms with Crippen molar-refractivity contribution in [3.8, 4) is 0 Å². The predicted molar refractivity (Wildman–Crippen MR) is 56.5 cm³/mol. The molecule has 1 aromatic heterocycles. The SMILES string of the molecule is C[Si](C)c1sc(Cl)c(Cl)c1Cl. The van der Waals surface area contributed by atoms with Gasteiger partial charge >= 0.3 is 0 Å². The molecule has 0 spiro atoms. The van der Waals surface area contributed by atoms with Gasteiger partial charge in [-0.05, 0) is 0 Å². The number of thiophene rings is 1. The topological polar surface area (TPSA) is 0 Å². The van der Waals surface area contributed by atoms with Crippen LogP contribution in [0.25, 0.3) is 0 Å². The summed E-state index contributed by atoms with van der Waals surface area (Å²) in [4.78, 5) is 0. The van der Waals surface area contributed by atoms with Crippen LogP contribution in [0, 0.1) is 0 Å². The third-order valence-corrected chi connectivity index (χ3v) is 6.44. The van der Waals surface area contributed by atoms with Gasteiger partial charge in [0.2, 0.25) is 0 Å². The molecule has 1 aromatic rings. The fourth-order valence-electron chi connectivity index (χ4n) is 0.687. The van der Waals surface area contributed by atoms with Crippen LogP contribution in [0.5, 0.6) is 0 Å². The van der Waals surface area contributed by atoms with Gasteiger partial charge in [0.15, 0.2) is 0 Å². The molecule has 0 nitrogen and oxygen atoms in total. The van der Waals surface area contributed by atoms with Crippen LogP contribution in [-0.4, -0.2) is 8.80 Å². The van der Waals surface area contributed by atoms with E-state index in [1.807, 2.05) is 0 Å². The molecular weight excluding hydrogens is 239 g/mol. The highest BCUT2D eigenvalue weighted by Gasteiger charge is 2.16. The van der Waals surface area contributed by atoms with Gasteiger partial charge in [-0.2, -0.15) is 0 Å². The molecule has 0 saturated heterocycles. The maximum atomic E-state index is 5.93. The third kappa shape index (κ3) is 1.93. The van der Waals surface area contributed by atoms with Crippen molar-refractivity contribution < 1.29 is 0 Å². The average Bonchev–Trinajstić information content (AvgIpc) is 2.17. The second-order valence-electron chi connectivity index (χ2n) is 2.33. The second-order valence-corrected chi connectivity index (χ2v) is 7.57. The molecule has 0 fully saturated rings. The van der Waals surface area contributed by atoms with E-state index < -0.39 is 8.80 Å². The average molecular weight is 245 g/mol. The number of hydrogen-bond acceptors (Lipinski definition) is 1. The normalized spacial score (nSPS) is 11.1. The summed E-state index contributed by atoms with van der Waals surface area (Å²) in [5, 5.41) is 1.17. The van der Waals surface area contributed by atoms with E-state index in [9.17, 15) is 0 Å². The van der Waals surface area contributed by atoms with E-state index in [-0.39, 0.29) is 0 Å². The minimum Gasteiger partial charge on any atom is -0.130 e. The monoisotopic (exact) mass is 243 g/mol. The van der Waals surface area contributed by atoms with E-state index in [2.05, 4.69) is 13.1 Å². The van der Waals surface area contributed by atoms with Crippen molar-refractivity contribution in [2.24, 2.45) is 0 Å². The first-order valence-corrected chi connectivity index (χ1v) is 7.43. The lowest BCUT2D eigenvalue weighted by Crippen LogP contribution is -2.19. The molecule has 0 aliphatic carbocycles. The third-order valence-electron chi connectivity index (χ3n) is 1.21. The molecule has 0 N–H and O–H groups in total. The van der Waals surface area contributed by atoms with Crippen LogP contribution in [0.3, 0.4) is 0 Å². The molecule has 0 bridgehead atoms. The van der Waals surface area contributed by atoms with E-state index in [4.69, 9.17) is 34.8 Å². The molecule has 0 aliphatic rings. The smallest absolute Gasteiger partial charge is 0.113 e. The Morgan fingerprint density at radius 3 is 1.82 bits per heavy atom. The van der Waals surface area contributed by atoms with Crippen molar-refractivity contribution in [1.82, 2.24) is 0 Å². The first kappa shape index (κ1) is 9.87. The molecule has 5 heteroatoms. The molecule has 0 aromatic carbocycles. The van der Waals surface area contributed by atoms with Gasteiger partial charge in [-0.25, -0.2) is 0 Å². The van der Waals surface area contributed by atoms with Gasteiger partial charge in [0.1, 0.15) is 4.34 Å². The molecule has 0 atom stereocenters. The molecule has 0 saturated carbocycles. The summed E-state index contributed by atoms with van der Waals surface area (Å²) < 4.78 is 1.77. The van der Waals surface area contributed by atoms with E-state index in [1.165, 1.54) is 11.3 Å². The van der Waals surface area contributed by atoms with Gasteiger partial charge < -0.3 is 0 Å². The van der Waals surface area contributed by atoms with Crippen LogP contribution >= 0.6 is 46.1 Å². The molecule has 1 radical (unpaired) electrons. The highest BCUT2D eigenvalue weighted by atomic mass is 35.5. The van der Waals surface area contributed by atoms with E-state index in [0.29, 0.717) is 14.4 Å². The first-order valence-electron chi connectivity index (χ1n) is 2.98. The van der Waals surface area contributed by atoms with Crippen LogP contribution < -0.4 is 4.50 Å². The lowest BCUT2D eigenvalue weighted by molar-refractivity contribution is 1.96. The quantitative estimate of drug-likeness (QED) is 0.661. The lowest BCUT2D eigenvalue weighted by atomic mass is 10.6. The van der Waals surface area contributed by atoms with Gasteiger partial charge in [0, 0.05) is 4.50 Å². The van der Waals surface area contributed by atoms with Crippen molar-refractivity contribution in [1.29, 1.82) is 0 Å². The Morgan fingerprint density at radius 1 is 1.09 bits per heavy atom. The fraction of sp³-hybridized carbons (Fsp3) is 0.333. The van der Waals surface area contributed by atoms with Crippen molar-refractivity contribution in [3.63, 3.8) is 0 Å². The summed E-state index contributed by atoms with van der Waals surface area (Å²) in [5.74, 6) is 0. The maximum absolute atomic E-state index is 5.93. The van der Waals surface area contributed by atoms with Crippen molar-refractivity contribution >= 4 is 59.4 Å². The fourth-order valence-corrected chi connectivity index (χ4v) is 4.68. The summed E-state index contributed by atoms with van der Waals surface area (Å²) in [7, 11) is -0.526. The Hall–Kier alpha value is 0.787. The van der Waals surface area contributed by atoms with Gasteiger partial charge in [-0.3, -0.25) is 0 Å². The van der Waals surface area contributed by atoms with E-state index in [0.717, 1.165) is 4.50 Å². The van der Waals surface area contributed by atoms with Gasteiger partial charge in [0.05, 0.1) is 18.8 Å². The Bertz CT molecular complexity index is 269. The second kappa shape index (κ2) is 3.67. The molecule has 0 amide bonds. The number of halogens is 3. The molecule has 0 aliphatic heterocycles. The zero-order valence-electron chi connectivity index (χ0n) is 6.04. The largest absolute Gasteiger partial charge is 0.130 e. The van der Waals surface area contributed by atoms with Gasteiger partial charge in [-0.1, -0.05) is 47.9 Å². The summed E-state index contributed by atoms with van der Waals surface area (Å²) >= 11 is 19.0. The van der Waals surface area contributed by atoms with Crippen LogP contribution in [0.15, 0.2) is 0 Å². The van der Waals surface area contributed by atoms with Gasteiger partial charge in [0.25, 0.3) is 0 Å². The van der Waals surface area contributed by atoms with Crippen molar-refractivity contribution in [2.45, 2.75) is 13.1 Å². The van der Waals surface area contributed by atoms with Crippen LogP contribution in [-0.2, 0) is 0 Å². The zero-order chi connectivity index (χ0) is 8.59. The Kier molecular flexibility index (Phi) is 3.29. The summed E-state index contributed by atoms with van der Waals surface area (Å²) in [6.45, 7) is 4.32. The minimum absolute atomic E-state index is 0.513. The predicted octanol–water partition coefficient (Wildman–Crippen LogP) is 3.67. The van der Waals surface area contributed by atoms with Gasteiger partial charge in [-0.15, -0.1) is 11.3 Å². The molecule has 1 heterocycles. The zero-order valence-corrected chi connectivity index (χ0v) is 10.1. The first-order chi connectivity index (χ1) is 5.04. The Balaban J connectivity index is 3.19. The Labute approximate surface area is 86.7 Å². The molecular formula is C6H6Cl3SSi. The summed E-state index contributed by atoms with van der Waals surface area (Å²) in [5.41, 5.74) is 0. The highest BCUT2D eigenvalue weighted by molar-refractivity contribution is 7.27. The lowest BCUT2D eigenvalue weighted by Gasteiger charge is -1.97. The molecule has 61 valence electrons. The maximum Gasteiger partial charge on any atom is 0.113 e. The minimum atomic E-state index is -0.526. The standard InChI is InChI=1S/C6H6Cl3SSi/c1-11(2)6-4(8)3(7)5(9)10-6/h1-2H3. The van der Waals surface area contributed by atoms with E-state index in [1.54, 1.807) is 0 Å². The van der Waals surface area contributed by atoms with Crippen molar-refractivity contribution in [2.75, 3.05) is 0 Å². The highest BCUT2D eigenvalue weighted by Crippen LogP contribution is 2.34.